The van der Waals surface area contributed by atoms with Crippen molar-refractivity contribution in [2.24, 2.45) is 0 Å². The second-order valence-electron chi connectivity index (χ2n) is 2.44. The molecule has 0 radical (unpaired) electrons. The van der Waals surface area contributed by atoms with E-state index in [2.05, 4.69) is 0 Å². The lowest BCUT2D eigenvalue weighted by atomic mass is 10.1. The van der Waals surface area contributed by atoms with Crippen LogP contribution in [-0.4, -0.2) is 23.0 Å². The fraction of sp³-hybridized carbons (Fsp3) is 0.222. The SMILES string of the molecule is CSc1ccc(C(=O)CCl)cc1O. The van der Waals surface area contributed by atoms with Crippen LogP contribution >= 0.6 is 23.4 Å². The van der Waals surface area contributed by atoms with Gasteiger partial charge in [0.15, 0.2) is 5.78 Å². The van der Waals surface area contributed by atoms with Crippen LogP contribution in [0.5, 0.6) is 5.75 Å². The highest BCUT2D eigenvalue weighted by Crippen LogP contribution is 2.27. The monoisotopic (exact) mass is 216 g/mol. The van der Waals surface area contributed by atoms with Crippen LogP contribution in [-0.2, 0) is 0 Å². The van der Waals surface area contributed by atoms with Crippen molar-refractivity contribution in [1.29, 1.82) is 0 Å². The Labute approximate surface area is 85.9 Å². The molecule has 0 saturated heterocycles. The Balaban J connectivity index is 3.02. The summed E-state index contributed by atoms with van der Waals surface area (Å²) in [4.78, 5) is 11.9. The number of phenols is 1. The van der Waals surface area contributed by atoms with Crippen LogP contribution in [0.1, 0.15) is 10.4 Å². The third kappa shape index (κ3) is 2.39. The maximum atomic E-state index is 11.1. The summed E-state index contributed by atoms with van der Waals surface area (Å²) in [6.45, 7) is 0. The zero-order chi connectivity index (χ0) is 9.84. The summed E-state index contributed by atoms with van der Waals surface area (Å²) in [6, 6.07) is 4.81. The summed E-state index contributed by atoms with van der Waals surface area (Å²) < 4.78 is 0. The molecule has 70 valence electrons. The van der Waals surface area contributed by atoms with Crippen molar-refractivity contribution in [3.05, 3.63) is 23.8 Å². The Bertz CT molecular complexity index is 325. The third-order valence-electron chi connectivity index (χ3n) is 1.62. The van der Waals surface area contributed by atoms with E-state index in [1.807, 2.05) is 6.26 Å². The molecule has 0 aliphatic carbocycles. The predicted octanol–water partition coefficient (Wildman–Crippen LogP) is 2.54. The molecule has 0 aliphatic rings. The Hall–Kier alpha value is -0.670. The van der Waals surface area contributed by atoms with Crippen molar-refractivity contribution in [3.63, 3.8) is 0 Å². The van der Waals surface area contributed by atoms with E-state index in [4.69, 9.17) is 11.6 Å². The first kappa shape index (κ1) is 10.4. The highest BCUT2D eigenvalue weighted by atomic mass is 35.5. The van der Waals surface area contributed by atoms with Gasteiger partial charge in [-0.3, -0.25) is 4.79 Å². The molecule has 1 rings (SSSR count). The van der Waals surface area contributed by atoms with Gasteiger partial charge in [-0.2, -0.15) is 0 Å². The van der Waals surface area contributed by atoms with Crippen molar-refractivity contribution in [2.75, 3.05) is 12.1 Å². The molecule has 0 heterocycles. The molecule has 2 nitrogen and oxygen atoms in total. The second kappa shape index (κ2) is 4.53. The topological polar surface area (TPSA) is 37.3 Å². The Morgan fingerprint density at radius 3 is 2.77 bits per heavy atom. The van der Waals surface area contributed by atoms with E-state index >= 15 is 0 Å². The third-order valence-corrected chi connectivity index (χ3v) is 2.65. The van der Waals surface area contributed by atoms with Gasteiger partial charge in [0.2, 0.25) is 0 Å². The van der Waals surface area contributed by atoms with E-state index in [1.54, 1.807) is 12.1 Å². The highest BCUT2D eigenvalue weighted by molar-refractivity contribution is 7.98. The first-order valence-corrected chi connectivity index (χ1v) is 5.41. The number of carbonyl (C=O) groups is 1. The van der Waals surface area contributed by atoms with Gasteiger partial charge in [0.25, 0.3) is 0 Å². The summed E-state index contributed by atoms with van der Waals surface area (Å²) in [5.74, 6) is -0.106. The minimum Gasteiger partial charge on any atom is -0.507 e. The van der Waals surface area contributed by atoms with E-state index in [9.17, 15) is 9.90 Å². The molecule has 1 aromatic carbocycles. The van der Waals surface area contributed by atoms with Crippen molar-refractivity contribution in [3.8, 4) is 5.75 Å². The molecule has 4 heteroatoms. The first-order chi connectivity index (χ1) is 6.19. The number of ketones is 1. The fourth-order valence-corrected chi connectivity index (χ4v) is 1.57. The van der Waals surface area contributed by atoms with Crippen LogP contribution < -0.4 is 0 Å². The molecule has 0 aliphatic heterocycles. The summed E-state index contributed by atoms with van der Waals surface area (Å²) in [7, 11) is 0. The average molecular weight is 217 g/mol. The Morgan fingerprint density at radius 2 is 2.31 bits per heavy atom. The van der Waals surface area contributed by atoms with Gasteiger partial charge in [-0.1, -0.05) is 0 Å². The van der Waals surface area contributed by atoms with Crippen LogP contribution in [0.2, 0.25) is 0 Å². The zero-order valence-electron chi connectivity index (χ0n) is 7.08. The number of aromatic hydroxyl groups is 1. The lowest BCUT2D eigenvalue weighted by molar-refractivity contribution is 0.102. The molecule has 0 spiro atoms. The molecule has 0 amide bonds. The van der Waals surface area contributed by atoms with Crippen LogP contribution in [0.15, 0.2) is 23.1 Å². The minimum atomic E-state index is -0.176. The van der Waals surface area contributed by atoms with Gasteiger partial charge in [-0.05, 0) is 24.5 Å². The summed E-state index contributed by atoms with van der Waals surface area (Å²) in [5.41, 5.74) is 0.449. The Morgan fingerprint density at radius 1 is 1.62 bits per heavy atom. The van der Waals surface area contributed by atoms with E-state index in [0.717, 1.165) is 4.90 Å². The van der Waals surface area contributed by atoms with Gasteiger partial charge in [0.1, 0.15) is 5.75 Å². The largest absolute Gasteiger partial charge is 0.507 e. The molecule has 0 bridgehead atoms. The minimum absolute atomic E-state index is 0.0575. The van der Waals surface area contributed by atoms with Crippen molar-refractivity contribution < 1.29 is 9.90 Å². The maximum absolute atomic E-state index is 11.1. The highest BCUT2D eigenvalue weighted by Gasteiger charge is 2.07. The molecule has 0 fully saturated rings. The number of phenolic OH excluding ortho intramolecular Hbond substituents is 1. The number of rotatable bonds is 3. The number of Topliss-reactive ketones (excluding diaryl/α,β-unsaturated/α-hetero) is 1. The van der Waals surface area contributed by atoms with Gasteiger partial charge in [-0.15, -0.1) is 23.4 Å². The molecule has 1 aromatic rings. The summed E-state index contributed by atoms with van der Waals surface area (Å²) in [6.07, 6.45) is 1.86. The predicted molar refractivity (Wildman–Crippen MR) is 54.9 cm³/mol. The Kier molecular flexibility index (Phi) is 3.63. The average Bonchev–Trinajstić information content (AvgIpc) is 2.16. The lowest BCUT2D eigenvalue weighted by Gasteiger charge is -2.02. The standard InChI is InChI=1S/C9H9ClO2S/c1-13-9-3-2-6(4-7(9)11)8(12)5-10/h2-4,11H,5H2,1H3. The maximum Gasteiger partial charge on any atom is 0.177 e. The second-order valence-corrected chi connectivity index (χ2v) is 3.56. The number of thioether (sulfide) groups is 1. The molecule has 0 aromatic heterocycles. The van der Waals surface area contributed by atoms with Gasteiger partial charge >= 0.3 is 0 Å². The quantitative estimate of drug-likeness (QED) is 0.479. The van der Waals surface area contributed by atoms with Gasteiger partial charge in [0, 0.05) is 10.5 Å². The van der Waals surface area contributed by atoms with Gasteiger partial charge in [0.05, 0.1) is 5.88 Å². The van der Waals surface area contributed by atoms with Crippen LogP contribution in [0.3, 0.4) is 0 Å². The number of benzene rings is 1. The fourth-order valence-electron chi connectivity index (χ4n) is 0.941. The molecule has 0 atom stereocenters. The lowest BCUT2D eigenvalue weighted by Crippen LogP contribution is -1.99. The molecular formula is C9H9ClO2S. The zero-order valence-corrected chi connectivity index (χ0v) is 8.65. The number of hydrogen-bond donors (Lipinski definition) is 1. The summed E-state index contributed by atoms with van der Waals surface area (Å²) in [5, 5.41) is 9.42. The molecule has 1 N–H and O–H groups in total. The van der Waals surface area contributed by atoms with E-state index in [-0.39, 0.29) is 17.4 Å². The van der Waals surface area contributed by atoms with Crippen molar-refractivity contribution in [2.45, 2.75) is 4.90 Å². The van der Waals surface area contributed by atoms with Gasteiger partial charge in [-0.25, -0.2) is 0 Å². The van der Waals surface area contributed by atoms with E-state index in [0.29, 0.717) is 5.56 Å². The van der Waals surface area contributed by atoms with Gasteiger partial charge < -0.3 is 5.11 Å². The number of hydrogen-bond acceptors (Lipinski definition) is 3. The van der Waals surface area contributed by atoms with Crippen LogP contribution in [0.4, 0.5) is 0 Å². The van der Waals surface area contributed by atoms with Crippen molar-refractivity contribution in [1.82, 2.24) is 0 Å². The van der Waals surface area contributed by atoms with Crippen LogP contribution in [0.25, 0.3) is 0 Å². The van der Waals surface area contributed by atoms with E-state index in [1.165, 1.54) is 17.8 Å². The number of alkyl halides is 1. The smallest absolute Gasteiger partial charge is 0.177 e. The molecule has 0 saturated carbocycles. The van der Waals surface area contributed by atoms with Crippen molar-refractivity contribution >= 4 is 29.1 Å². The number of halogens is 1. The molecule has 0 unspecified atom stereocenters. The summed E-state index contributed by atoms with van der Waals surface area (Å²) >= 11 is 6.81. The van der Waals surface area contributed by atoms with Crippen LogP contribution in [0, 0.1) is 0 Å². The molecule has 13 heavy (non-hydrogen) atoms. The first-order valence-electron chi connectivity index (χ1n) is 3.65. The normalized spacial score (nSPS) is 10.0. The van der Waals surface area contributed by atoms with E-state index < -0.39 is 0 Å². The number of carbonyl (C=O) groups excluding carboxylic acids is 1. The molecular weight excluding hydrogens is 208 g/mol.